The fourth-order valence-corrected chi connectivity index (χ4v) is 4.49. The van der Waals surface area contributed by atoms with Crippen LogP contribution in [-0.2, 0) is 9.84 Å². The Morgan fingerprint density at radius 2 is 2.05 bits per heavy atom. The maximum atomic E-state index is 11.6. The Labute approximate surface area is 120 Å². The molecule has 1 heterocycles. The second-order valence-corrected chi connectivity index (χ2v) is 7.54. The lowest BCUT2D eigenvalue weighted by atomic mass is 10.2. The van der Waals surface area contributed by atoms with Gasteiger partial charge in [0, 0.05) is 17.2 Å². The van der Waals surface area contributed by atoms with Crippen molar-refractivity contribution in [2.45, 2.75) is 25.3 Å². The van der Waals surface area contributed by atoms with E-state index in [4.69, 9.17) is 5.11 Å². The molecule has 2 N–H and O–H groups in total. The van der Waals surface area contributed by atoms with Crippen LogP contribution in [0.2, 0.25) is 0 Å². The zero-order valence-electron chi connectivity index (χ0n) is 11.2. The normalized spacial score (nSPS) is 11.5. The maximum absolute atomic E-state index is 11.6. The monoisotopic (exact) mass is 320 g/mol. The number of hydrogen-bond acceptors (Lipinski definition) is 6. The zero-order chi connectivity index (χ0) is 15.3. The molecule has 0 unspecified atom stereocenters. The molecule has 0 aromatic carbocycles. The van der Waals surface area contributed by atoms with E-state index in [-0.39, 0.29) is 33.5 Å². The van der Waals surface area contributed by atoms with E-state index in [0.717, 1.165) is 11.8 Å². The van der Waals surface area contributed by atoms with Crippen molar-refractivity contribution in [3.05, 3.63) is 21.7 Å². The van der Waals surface area contributed by atoms with Gasteiger partial charge in [0.15, 0.2) is 9.84 Å². The average molecular weight is 320 g/mol. The lowest BCUT2D eigenvalue weighted by Crippen LogP contribution is -2.19. The Hall–Kier alpha value is -1.35. The molecule has 0 aliphatic rings. The van der Waals surface area contributed by atoms with Crippen LogP contribution in [0.1, 0.15) is 29.4 Å². The predicted molar refractivity (Wildman–Crippen MR) is 76.2 cm³/mol. The van der Waals surface area contributed by atoms with Gasteiger partial charge in [-0.2, -0.15) is 4.98 Å². The minimum Gasteiger partial charge on any atom is -0.478 e. The summed E-state index contributed by atoms with van der Waals surface area (Å²) in [5.74, 6) is -1.01. The van der Waals surface area contributed by atoms with Crippen molar-refractivity contribution < 1.29 is 18.3 Å². The first-order chi connectivity index (χ1) is 9.26. The Morgan fingerprint density at radius 3 is 2.60 bits per heavy atom. The van der Waals surface area contributed by atoms with Gasteiger partial charge in [-0.1, -0.05) is 6.92 Å². The number of aromatic amines is 1. The number of H-pyrrole nitrogens is 1. The standard InChI is InChI=1S/C11H16N2O5S2/c1-3-5-20(17,18)6-4-19-9-8(10(14)15)7(2)12-11(16)13-9/h3-6H2,1-2H3,(H,14,15)(H,12,13,16). The largest absolute Gasteiger partial charge is 0.478 e. The SMILES string of the molecule is CCCS(=O)(=O)CCSc1nc(=O)[nH]c(C)c1C(=O)O. The van der Waals surface area contributed by atoms with Crippen molar-refractivity contribution in [1.82, 2.24) is 9.97 Å². The van der Waals surface area contributed by atoms with Gasteiger partial charge in [0.05, 0.1) is 5.75 Å². The van der Waals surface area contributed by atoms with Crippen LogP contribution in [0.5, 0.6) is 0 Å². The number of aryl methyl sites for hydroxylation is 1. The molecule has 1 aromatic heterocycles. The van der Waals surface area contributed by atoms with Crippen LogP contribution in [0.4, 0.5) is 0 Å². The number of aromatic carboxylic acids is 1. The molecule has 0 saturated heterocycles. The quantitative estimate of drug-likeness (QED) is 0.560. The molecule has 1 aromatic rings. The van der Waals surface area contributed by atoms with Crippen LogP contribution in [0.3, 0.4) is 0 Å². The highest BCUT2D eigenvalue weighted by atomic mass is 32.2. The van der Waals surface area contributed by atoms with Crippen molar-refractivity contribution in [3.8, 4) is 0 Å². The molecule has 20 heavy (non-hydrogen) atoms. The van der Waals surface area contributed by atoms with Gasteiger partial charge in [-0.15, -0.1) is 11.8 Å². The molecule has 112 valence electrons. The van der Waals surface area contributed by atoms with Crippen LogP contribution in [0.15, 0.2) is 9.82 Å². The van der Waals surface area contributed by atoms with E-state index < -0.39 is 21.5 Å². The Bertz CT molecular complexity index is 651. The number of nitrogens with zero attached hydrogens (tertiary/aromatic N) is 1. The molecule has 0 spiro atoms. The van der Waals surface area contributed by atoms with E-state index in [1.54, 1.807) is 6.92 Å². The number of rotatable bonds is 7. The average Bonchev–Trinajstić information content (AvgIpc) is 2.26. The molecule has 7 nitrogen and oxygen atoms in total. The van der Waals surface area contributed by atoms with Crippen molar-refractivity contribution in [2.75, 3.05) is 17.3 Å². The van der Waals surface area contributed by atoms with Gasteiger partial charge < -0.3 is 10.1 Å². The Kier molecular flexibility index (Phi) is 5.75. The molecular formula is C11H16N2O5S2. The first-order valence-electron chi connectivity index (χ1n) is 5.94. The third-order valence-corrected chi connectivity index (χ3v) is 5.54. The summed E-state index contributed by atoms with van der Waals surface area (Å²) in [6.45, 7) is 3.24. The Balaban J connectivity index is 2.88. The predicted octanol–water partition coefficient (Wildman–Crippen LogP) is 0.693. The van der Waals surface area contributed by atoms with E-state index >= 15 is 0 Å². The maximum Gasteiger partial charge on any atom is 0.346 e. The molecular weight excluding hydrogens is 304 g/mol. The van der Waals surface area contributed by atoms with Gasteiger partial charge in [-0.3, -0.25) is 0 Å². The van der Waals surface area contributed by atoms with Gasteiger partial charge in [0.2, 0.25) is 0 Å². The molecule has 0 amide bonds. The van der Waals surface area contributed by atoms with Crippen LogP contribution >= 0.6 is 11.8 Å². The van der Waals surface area contributed by atoms with Crippen LogP contribution in [0, 0.1) is 6.92 Å². The number of carbonyl (C=O) groups is 1. The minimum absolute atomic E-state index is 0.0467. The van der Waals surface area contributed by atoms with Gasteiger partial charge in [-0.05, 0) is 13.3 Å². The second kappa shape index (κ2) is 6.89. The number of thioether (sulfide) groups is 1. The van der Waals surface area contributed by atoms with Gasteiger partial charge >= 0.3 is 11.7 Å². The molecule has 1 rings (SSSR count). The van der Waals surface area contributed by atoms with Crippen molar-refractivity contribution in [1.29, 1.82) is 0 Å². The summed E-state index contributed by atoms with van der Waals surface area (Å²) in [5.41, 5.74) is -0.537. The fourth-order valence-electron chi connectivity index (χ4n) is 1.59. The lowest BCUT2D eigenvalue weighted by Gasteiger charge is -2.07. The molecule has 0 fully saturated rings. The third-order valence-electron chi connectivity index (χ3n) is 2.45. The van der Waals surface area contributed by atoms with Crippen molar-refractivity contribution >= 4 is 27.6 Å². The van der Waals surface area contributed by atoms with E-state index in [0.29, 0.717) is 6.42 Å². The summed E-state index contributed by atoms with van der Waals surface area (Å²) in [5, 5.41) is 9.13. The molecule has 0 atom stereocenters. The number of hydrogen-bond donors (Lipinski definition) is 2. The van der Waals surface area contributed by atoms with Gasteiger partial charge in [0.25, 0.3) is 0 Å². The third kappa shape index (κ3) is 4.64. The fraction of sp³-hybridized carbons (Fsp3) is 0.545. The van der Waals surface area contributed by atoms with Crippen LogP contribution < -0.4 is 5.69 Å². The lowest BCUT2D eigenvalue weighted by molar-refractivity contribution is 0.0690. The molecule has 0 radical (unpaired) electrons. The van der Waals surface area contributed by atoms with Crippen molar-refractivity contribution in [3.63, 3.8) is 0 Å². The number of carboxylic acids is 1. The van der Waals surface area contributed by atoms with Gasteiger partial charge in [0.1, 0.15) is 10.6 Å². The topological polar surface area (TPSA) is 117 Å². The molecule has 9 heteroatoms. The van der Waals surface area contributed by atoms with E-state index in [2.05, 4.69) is 9.97 Å². The number of nitrogens with one attached hydrogen (secondary N) is 1. The van der Waals surface area contributed by atoms with E-state index in [1.807, 2.05) is 0 Å². The highest BCUT2D eigenvalue weighted by Crippen LogP contribution is 2.21. The van der Waals surface area contributed by atoms with E-state index in [9.17, 15) is 18.0 Å². The summed E-state index contributed by atoms with van der Waals surface area (Å²) in [6.07, 6.45) is 0.537. The highest BCUT2D eigenvalue weighted by Gasteiger charge is 2.18. The Morgan fingerprint density at radius 1 is 1.40 bits per heavy atom. The smallest absolute Gasteiger partial charge is 0.346 e. The zero-order valence-corrected chi connectivity index (χ0v) is 12.8. The van der Waals surface area contributed by atoms with Gasteiger partial charge in [-0.25, -0.2) is 18.0 Å². The first-order valence-corrected chi connectivity index (χ1v) is 8.75. The first kappa shape index (κ1) is 16.7. The van der Waals surface area contributed by atoms with Crippen LogP contribution in [0.25, 0.3) is 0 Å². The number of aromatic nitrogens is 2. The summed E-state index contributed by atoms with van der Waals surface area (Å²) in [4.78, 5) is 28.3. The summed E-state index contributed by atoms with van der Waals surface area (Å²) in [6, 6.07) is 0. The van der Waals surface area contributed by atoms with Crippen LogP contribution in [-0.4, -0.2) is 46.7 Å². The number of sulfone groups is 1. The summed E-state index contributed by atoms with van der Waals surface area (Å²) in [7, 11) is -3.14. The molecule has 0 aliphatic carbocycles. The second-order valence-electron chi connectivity index (χ2n) is 4.15. The van der Waals surface area contributed by atoms with Crippen molar-refractivity contribution in [2.24, 2.45) is 0 Å². The van der Waals surface area contributed by atoms with E-state index in [1.165, 1.54) is 6.92 Å². The summed E-state index contributed by atoms with van der Waals surface area (Å²) >= 11 is 0.965. The summed E-state index contributed by atoms with van der Waals surface area (Å²) < 4.78 is 23.1. The minimum atomic E-state index is -3.14. The molecule has 0 bridgehead atoms. The number of carboxylic acid groups (broad SMARTS) is 1. The molecule has 0 aliphatic heterocycles. The highest BCUT2D eigenvalue weighted by molar-refractivity contribution is 8.00. The molecule has 0 saturated carbocycles.